The number of carbonyl (C=O) groups is 2. The highest BCUT2D eigenvalue weighted by molar-refractivity contribution is 5.82. The number of hydrogen-bond acceptors (Lipinski definition) is 5. The summed E-state index contributed by atoms with van der Waals surface area (Å²) in [6.07, 6.45) is -1.79. The van der Waals surface area contributed by atoms with Crippen molar-refractivity contribution in [2.24, 2.45) is 0 Å². The van der Waals surface area contributed by atoms with Crippen molar-refractivity contribution >= 4 is 12.1 Å². The van der Waals surface area contributed by atoms with Gasteiger partial charge in [0.05, 0.1) is 6.10 Å². The van der Waals surface area contributed by atoms with Crippen molar-refractivity contribution in [1.29, 1.82) is 0 Å². The zero-order valence-electron chi connectivity index (χ0n) is 18.1. The van der Waals surface area contributed by atoms with E-state index in [1.807, 2.05) is 36.4 Å². The quantitative estimate of drug-likeness (QED) is 0.754. The Morgan fingerprint density at radius 2 is 1.53 bits per heavy atom. The third-order valence-corrected chi connectivity index (χ3v) is 5.15. The molecule has 1 aliphatic carbocycles. The number of aliphatic hydroxyl groups is 1. The smallest absolute Gasteiger partial charge is 0.410 e. The van der Waals surface area contributed by atoms with E-state index in [-0.39, 0.29) is 12.5 Å². The Morgan fingerprint density at radius 1 is 1.03 bits per heavy atom. The predicted molar refractivity (Wildman–Crippen MR) is 114 cm³/mol. The lowest BCUT2D eigenvalue weighted by Gasteiger charge is -2.31. The Balaban J connectivity index is 1.74. The fourth-order valence-corrected chi connectivity index (χ4v) is 3.85. The van der Waals surface area contributed by atoms with Gasteiger partial charge in [-0.3, -0.25) is 4.90 Å². The second-order valence-electron chi connectivity index (χ2n) is 8.63. The average molecular weight is 411 g/mol. The summed E-state index contributed by atoms with van der Waals surface area (Å²) in [4.78, 5) is 26.3. The Morgan fingerprint density at radius 3 is 2.00 bits per heavy atom. The number of esters is 1. The van der Waals surface area contributed by atoms with Crippen LogP contribution in [0.5, 0.6) is 0 Å². The molecule has 3 rings (SSSR count). The molecule has 2 aromatic carbocycles. The van der Waals surface area contributed by atoms with E-state index in [2.05, 4.69) is 12.1 Å². The SMILES string of the molecule is C[C@H](O)[C@H](C(=O)OC(C)(C)C)N(C)C(=O)OCC1c2ccccc2-c2ccccc21. The minimum Gasteiger partial charge on any atom is -0.458 e. The lowest BCUT2D eigenvalue weighted by Crippen LogP contribution is -2.51. The molecule has 6 heteroatoms. The molecule has 2 aromatic rings. The van der Waals surface area contributed by atoms with E-state index in [0.717, 1.165) is 27.2 Å². The molecule has 30 heavy (non-hydrogen) atoms. The number of nitrogens with zero attached hydrogens (tertiary/aromatic N) is 1. The van der Waals surface area contributed by atoms with Crippen molar-refractivity contribution < 1.29 is 24.2 Å². The van der Waals surface area contributed by atoms with Gasteiger partial charge in [-0.1, -0.05) is 48.5 Å². The van der Waals surface area contributed by atoms with Crippen LogP contribution in [0.4, 0.5) is 4.79 Å². The summed E-state index contributed by atoms with van der Waals surface area (Å²) in [5, 5.41) is 10.1. The molecule has 0 aromatic heterocycles. The lowest BCUT2D eigenvalue weighted by molar-refractivity contribution is -0.164. The molecule has 0 bridgehead atoms. The van der Waals surface area contributed by atoms with Crippen LogP contribution in [0, 0.1) is 0 Å². The molecule has 0 saturated heterocycles. The third kappa shape index (κ3) is 4.49. The first-order chi connectivity index (χ1) is 14.1. The number of aliphatic hydroxyl groups excluding tert-OH is 1. The number of likely N-dealkylation sites (N-methyl/N-ethyl adjacent to an activating group) is 1. The fourth-order valence-electron chi connectivity index (χ4n) is 3.85. The Bertz CT molecular complexity index is 886. The number of fused-ring (bicyclic) bond motifs is 3. The van der Waals surface area contributed by atoms with Crippen LogP contribution in [-0.4, -0.2) is 53.5 Å². The summed E-state index contributed by atoms with van der Waals surface area (Å²) in [5.41, 5.74) is 3.75. The van der Waals surface area contributed by atoms with Crippen LogP contribution >= 0.6 is 0 Å². The van der Waals surface area contributed by atoms with Gasteiger partial charge in [-0.25, -0.2) is 9.59 Å². The van der Waals surface area contributed by atoms with Crippen LogP contribution in [0.15, 0.2) is 48.5 Å². The molecule has 0 fully saturated rings. The van der Waals surface area contributed by atoms with Crippen molar-refractivity contribution in [2.45, 2.75) is 51.4 Å². The Kier molecular flexibility index (Phi) is 6.17. The van der Waals surface area contributed by atoms with Gasteiger partial charge in [0.25, 0.3) is 0 Å². The number of ether oxygens (including phenoxy) is 2. The molecule has 2 atom stereocenters. The summed E-state index contributed by atoms with van der Waals surface area (Å²) < 4.78 is 10.9. The van der Waals surface area contributed by atoms with E-state index in [0.29, 0.717) is 0 Å². The maximum atomic E-state index is 12.7. The maximum Gasteiger partial charge on any atom is 0.410 e. The van der Waals surface area contributed by atoms with Gasteiger partial charge in [0.15, 0.2) is 6.04 Å². The molecular weight excluding hydrogens is 382 g/mol. The van der Waals surface area contributed by atoms with Crippen LogP contribution in [0.1, 0.15) is 44.7 Å². The third-order valence-electron chi connectivity index (χ3n) is 5.15. The van der Waals surface area contributed by atoms with Crippen LogP contribution in [0.2, 0.25) is 0 Å². The minimum atomic E-state index is -1.15. The fraction of sp³-hybridized carbons (Fsp3) is 0.417. The lowest BCUT2D eigenvalue weighted by atomic mass is 9.98. The Hall–Kier alpha value is -2.86. The highest BCUT2D eigenvalue weighted by Gasteiger charge is 2.36. The molecule has 0 heterocycles. The van der Waals surface area contributed by atoms with Gasteiger partial charge in [-0.2, -0.15) is 0 Å². The maximum absolute atomic E-state index is 12.7. The van der Waals surface area contributed by atoms with Gasteiger partial charge in [0.1, 0.15) is 12.2 Å². The molecule has 0 spiro atoms. The number of hydrogen-bond donors (Lipinski definition) is 1. The topological polar surface area (TPSA) is 76.1 Å². The first-order valence-electron chi connectivity index (χ1n) is 10.1. The zero-order chi connectivity index (χ0) is 22.1. The van der Waals surface area contributed by atoms with Gasteiger partial charge in [-0.15, -0.1) is 0 Å². The average Bonchev–Trinajstić information content (AvgIpc) is 2.98. The monoisotopic (exact) mass is 411 g/mol. The first kappa shape index (κ1) is 21.8. The minimum absolute atomic E-state index is 0.0822. The summed E-state index contributed by atoms with van der Waals surface area (Å²) in [5.74, 6) is -0.755. The van der Waals surface area contributed by atoms with Crippen molar-refractivity contribution in [1.82, 2.24) is 4.90 Å². The molecule has 0 aliphatic heterocycles. The van der Waals surface area contributed by atoms with Crippen LogP contribution in [-0.2, 0) is 14.3 Å². The van der Waals surface area contributed by atoms with E-state index < -0.39 is 29.8 Å². The van der Waals surface area contributed by atoms with Crippen LogP contribution in [0.25, 0.3) is 11.1 Å². The van der Waals surface area contributed by atoms with E-state index in [9.17, 15) is 14.7 Å². The summed E-state index contributed by atoms with van der Waals surface area (Å²) in [7, 11) is 1.43. The summed E-state index contributed by atoms with van der Waals surface area (Å²) in [6.45, 7) is 6.78. The second kappa shape index (κ2) is 8.48. The van der Waals surface area contributed by atoms with Crippen LogP contribution < -0.4 is 0 Å². The van der Waals surface area contributed by atoms with Gasteiger partial charge in [0, 0.05) is 13.0 Å². The van der Waals surface area contributed by atoms with Crippen LogP contribution in [0.3, 0.4) is 0 Å². The highest BCUT2D eigenvalue weighted by atomic mass is 16.6. The van der Waals surface area contributed by atoms with Gasteiger partial charge in [-0.05, 0) is 49.9 Å². The van der Waals surface area contributed by atoms with Gasteiger partial charge in [0.2, 0.25) is 0 Å². The van der Waals surface area contributed by atoms with E-state index in [4.69, 9.17) is 9.47 Å². The molecule has 1 N–H and O–H groups in total. The molecule has 1 amide bonds. The largest absolute Gasteiger partial charge is 0.458 e. The molecule has 1 aliphatic rings. The predicted octanol–water partition coefficient (Wildman–Crippen LogP) is 3.96. The van der Waals surface area contributed by atoms with Crippen molar-refractivity contribution in [2.75, 3.05) is 13.7 Å². The van der Waals surface area contributed by atoms with Gasteiger partial charge < -0.3 is 14.6 Å². The van der Waals surface area contributed by atoms with Crippen molar-refractivity contribution in [3.8, 4) is 11.1 Å². The van der Waals surface area contributed by atoms with Gasteiger partial charge >= 0.3 is 12.1 Å². The summed E-state index contributed by atoms with van der Waals surface area (Å²) in [6, 6.07) is 15.0. The van der Waals surface area contributed by atoms with E-state index >= 15 is 0 Å². The number of carbonyl (C=O) groups excluding carboxylic acids is 2. The normalized spacial score (nSPS) is 15.0. The molecule has 0 radical (unpaired) electrons. The highest BCUT2D eigenvalue weighted by Crippen LogP contribution is 2.44. The van der Waals surface area contributed by atoms with E-state index in [1.54, 1.807) is 20.8 Å². The molecule has 0 saturated carbocycles. The van der Waals surface area contributed by atoms with Crippen molar-refractivity contribution in [3.63, 3.8) is 0 Å². The van der Waals surface area contributed by atoms with E-state index in [1.165, 1.54) is 14.0 Å². The molecular formula is C24H29NO5. The second-order valence-corrected chi connectivity index (χ2v) is 8.63. The molecule has 160 valence electrons. The number of rotatable bonds is 5. The van der Waals surface area contributed by atoms with Crippen molar-refractivity contribution in [3.05, 3.63) is 59.7 Å². The first-order valence-corrected chi connectivity index (χ1v) is 10.1. The molecule has 0 unspecified atom stereocenters. The number of benzene rings is 2. The summed E-state index contributed by atoms with van der Waals surface area (Å²) >= 11 is 0. The molecule has 6 nitrogen and oxygen atoms in total. The standard InChI is InChI=1S/C24H29NO5/c1-15(26)21(22(27)30-24(2,3)4)25(5)23(28)29-14-20-18-12-8-6-10-16(18)17-11-7-9-13-19(17)20/h6-13,15,20-21,26H,14H2,1-5H3/t15-,21+/m0/s1. The zero-order valence-corrected chi connectivity index (χ0v) is 18.1. The number of amides is 1. The Labute approximate surface area is 177 Å².